The SMILES string of the molecule is CC1=CCC[C@H](C)[C@H]1CNCc1cc(C)no1. The normalized spacial score (nSPS) is 24.8. The molecule has 3 nitrogen and oxygen atoms in total. The van der Waals surface area contributed by atoms with E-state index in [9.17, 15) is 0 Å². The van der Waals surface area contributed by atoms with Crippen LogP contribution in [-0.2, 0) is 6.54 Å². The van der Waals surface area contributed by atoms with Crippen LogP contribution in [0.25, 0.3) is 0 Å². The second kappa shape index (κ2) is 5.50. The van der Waals surface area contributed by atoms with Gasteiger partial charge < -0.3 is 9.84 Å². The van der Waals surface area contributed by atoms with Crippen LogP contribution in [0.5, 0.6) is 0 Å². The van der Waals surface area contributed by atoms with E-state index in [0.717, 1.165) is 30.5 Å². The maximum Gasteiger partial charge on any atom is 0.150 e. The molecule has 1 N–H and O–H groups in total. The predicted molar refractivity (Wildman–Crippen MR) is 68.6 cm³/mol. The number of nitrogens with zero attached hydrogens (tertiary/aromatic N) is 1. The standard InChI is InChI=1S/C14H22N2O/c1-10-5-4-6-11(2)14(10)9-15-8-13-7-12(3)16-17-13/h5,7,11,14-15H,4,6,8-9H2,1-3H3/t11-,14-/m0/s1. The highest BCUT2D eigenvalue weighted by molar-refractivity contribution is 5.09. The molecule has 1 heterocycles. The lowest BCUT2D eigenvalue weighted by atomic mass is 9.80. The van der Waals surface area contributed by atoms with Gasteiger partial charge in [-0.15, -0.1) is 0 Å². The van der Waals surface area contributed by atoms with Gasteiger partial charge in [-0.1, -0.05) is 23.7 Å². The zero-order valence-corrected chi connectivity index (χ0v) is 11.0. The van der Waals surface area contributed by atoms with E-state index in [0.29, 0.717) is 5.92 Å². The van der Waals surface area contributed by atoms with Crippen molar-refractivity contribution in [2.24, 2.45) is 11.8 Å². The number of rotatable bonds is 4. The fourth-order valence-corrected chi connectivity index (χ4v) is 2.59. The molecule has 2 rings (SSSR count). The van der Waals surface area contributed by atoms with Crippen molar-refractivity contribution in [2.75, 3.05) is 6.54 Å². The Balaban J connectivity index is 1.81. The quantitative estimate of drug-likeness (QED) is 0.814. The molecule has 0 amide bonds. The smallest absolute Gasteiger partial charge is 0.150 e. The van der Waals surface area contributed by atoms with E-state index in [2.05, 4.69) is 30.4 Å². The Labute approximate surface area is 103 Å². The molecule has 1 aliphatic carbocycles. The van der Waals surface area contributed by atoms with Crippen LogP contribution in [0.3, 0.4) is 0 Å². The van der Waals surface area contributed by atoms with Crippen molar-refractivity contribution in [1.82, 2.24) is 10.5 Å². The van der Waals surface area contributed by atoms with Crippen LogP contribution in [-0.4, -0.2) is 11.7 Å². The molecule has 0 aliphatic heterocycles. The lowest BCUT2D eigenvalue weighted by molar-refractivity contribution is 0.331. The molecule has 0 saturated heterocycles. The third kappa shape index (κ3) is 3.19. The predicted octanol–water partition coefficient (Wildman–Crippen LogP) is 3.07. The molecule has 0 spiro atoms. The number of hydrogen-bond acceptors (Lipinski definition) is 3. The number of aryl methyl sites for hydroxylation is 1. The Bertz CT molecular complexity index is 395. The van der Waals surface area contributed by atoms with E-state index in [1.54, 1.807) is 0 Å². The summed E-state index contributed by atoms with van der Waals surface area (Å²) in [5.41, 5.74) is 2.48. The van der Waals surface area contributed by atoms with Crippen molar-refractivity contribution in [3.8, 4) is 0 Å². The van der Waals surface area contributed by atoms with Crippen LogP contribution in [0.4, 0.5) is 0 Å². The van der Waals surface area contributed by atoms with Gasteiger partial charge in [0.2, 0.25) is 0 Å². The summed E-state index contributed by atoms with van der Waals surface area (Å²) in [6, 6.07) is 1.99. The van der Waals surface area contributed by atoms with E-state index in [-0.39, 0.29) is 0 Å². The molecule has 0 unspecified atom stereocenters. The summed E-state index contributed by atoms with van der Waals surface area (Å²) in [6.45, 7) is 8.35. The van der Waals surface area contributed by atoms with Gasteiger partial charge in [0, 0.05) is 12.6 Å². The van der Waals surface area contributed by atoms with Crippen LogP contribution in [0.1, 0.15) is 38.1 Å². The summed E-state index contributed by atoms with van der Waals surface area (Å²) < 4.78 is 5.18. The Morgan fingerprint density at radius 2 is 2.29 bits per heavy atom. The lowest BCUT2D eigenvalue weighted by Crippen LogP contribution is -2.29. The molecule has 94 valence electrons. The summed E-state index contributed by atoms with van der Waals surface area (Å²) in [6.07, 6.45) is 4.93. The van der Waals surface area contributed by atoms with Crippen LogP contribution < -0.4 is 5.32 Å². The summed E-state index contributed by atoms with van der Waals surface area (Å²) in [7, 11) is 0. The van der Waals surface area contributed by atoms with Crippen molar-refractivity contribution >= 4 is 0 Å². The van der Waals surface area contributed by atoms with E-state index in [1.165, 1.54) is 18.4 Å². The minimum absolute atomic E-state index is 0.674. The minimum Gasteiger partial charge on any atom is -0.360 e. The summed E-state index contributed by atoms with van der Waals surface area (Å²) in [4.78, 5) is 0. The molecule has 1 aliphatic rings. The fourth-order valence-electron chi connectivity index (χ4n) is 2.59. The fraction of sp³-hybridized carbons (Fsp3) is 0.643. The first kappa shape index (κ1) is 12.4. The number of allylic oxidation sites excluding steroid dienone is 1. The van der Waals surface area contributed by atoms with E-state index in [4.69, 9.17) is 4.52 Å². The average molecular weight is 234 g/mol. The molecule has 0 radical (unpaired) electrons. The van der Waals surface area contributed by atoms with Gasteiger partial charge in [-0.25, -0.2) is 0 Å². The van der Waals surface area contributed by atoms with Crippen LogP contribution in [0, 0.1) is 18.8 Å². The molecule has 1 aromatic rings. The Hall–Kier alpha value is -1.09. The molecule has 0 saturated carbocycles. The summed E-state index contributed by atoms with van der Waals surface area (Å²) in [5, 5.41) is 7.36. The zero-order valence-electron chi connectivity index (χ0n) is 11.0. The molecule has 2 atom stereocenters. The lowest BCUT2D eigenvalue weighted by Gasteiger charge is -2.28. The third-order valence-corrected chi connectivity index (χ3v) is 3.70. The molecular weight excluding hydrogens is 212 g/mol. The second-order valence-corrected chi connectivity index (χ2v) is 5.17. The average Bonchev–Trinajstić information content (AvgIpc) is 2.69. The maximum atomic E-state index is 5.18. The van der Waals surface area contributed by atoms with Crippen LogP contribution in [0.15, 0.2) is 22.2 Å². The van der Waals surface area contributed by atoms with E-state index >= 15 is 0 Å². The van der Waals surface area contributed by atoms with Crippen molar-refractivity contribution < 1.29 is 4.52 Å². The van der Waals surface area contributed by atoms with Crippen molar-refractivity contribution in [3.05, 3.63) is 29.2 Å². The monoisotopic (exact) mass is 234 g/mol. The first-order valence-corrected chi connectivity index (χ1v) is 6.46. The summed E-state index contributed by atoms with van der Waals surface area (Å²) >= 11 is 0. The highest BCUT2D eigenvalue weighted by atomic mass is 16.5. The van der Waals surface area contributed by atoms with Gasteiger partial charge in [0.05, 0.1) is 12.2 Å². The van der Waals surface area contributed by atoms with Gasteiger partial charge in [0.25, 0.3) is 0 Å². The van der Waals surface area contributed by atoms with E-state index < -0.39 is 0 Å². The zero-order chi connectivity index (χ0) is 12.3. The van der Waals surface area contributed by atoms with Gasteiger partial charge in [0.1, 0.15) is 0 Å². The van der Waals surface area contributed by atoms with Gasteiger partial charge in [0.15, 0.2) is 5.76 Å². The second-order valence-electron chi connectivity index (χ2n) is 5.17. The number of hydrogen-bond donors (Lipinski definition) is 1. The molecule has 0 fully saturated rings. The minimum atomic E-state index is 0.674. The van der Waals surface area contributed by atoms with E-state index in [1.807, 2.05) is 13.0 Å². The Morgan fingerprint density at radius 3 is 2.94 bits per heavy atom. The highest BCUT2D eigenvalue weighted by Crippen LogP contribution is 2.29. The Kier molecular flexibility index (Phi) is 4.00. The molecule has 0 bridgehead atoms. The molecule has 1 aromatic heterocycles. The van der Waals surface area contributed by atoms with Gasteiger partial charge in [-0.05, 0) is 38.5 Å². The van der Waals surface area contributed by atoms with Crippen LogP contribution >= 0.6 is 0 Å². The van der Waals surface area contributed by atoms with Gasteiger partial charge >= 0.3 is 0 Å². The molecule has 3 heteroatoms. The number of aromatic nitrogens is 1. The highest BCUT2D eigenvalue weighted by Gasteiger charge is 2.21. The van der Waals surface area contributed by atoms with Crippen molar-refractivity contribution in [2.45, 2.75) is 40.2 Å². The molecule has 0 aromatic carbocycles. The van der Waals surface area contributed by atoms with Gasteiger partial charge in [-0.3, -0.25) is 0 Å². The molecular formula is C14H22N2O. The van der Waals surface area contributed by atoms with Crippen molar-refractivity contribution in [1.29, 1.82) is 0 Å². The maximum absolute atomic E-state index is 5.18. The first-order valence-electron chi connectivity index (χ1n) is 6.46. The first-order chi connectivity index (χ1) is 8.16. The van der Waals surface area contributed by atoms with Crippen LogP contribution in [0.2, 0.25) is 0 Å². The number of nitrogens with one attached hydrogen (secondary N) is 1. The topological polar surface area (TPSA) is 38.1 Å². The molecule has 17 heavy (non-hydrogen) atoms. The van der Waals surface area contributed by atoms with Gasteiger partial charge in [-0.2, -0.15) is 0 Å². The largest absolute Gasteiger partial charge is 0.360 e. The Morgan fingerprint density at radius 1 is 1.47 bits per heavy atom. The third-order valence-electron chi connectivity index (χ3n) is 3.70. The summed E-state index contributed by atoms with van der Waals surface area (Å²) in [5.74, 6) is 2.38. The van der Waals surface area contributed by atoms with Crippen molar-refractivity contribution in [3.63, 3.8) is 0 Å².